The topological polar surface area (TPSA) is 78.1 Å². The van der Waals surface area contributed by atoms with Gasteiger partial charge in [-0.2, -0.15) is 0 Å². The van der Waals surface area contributed by atoms with Crippen LogP contribution >= 0.6 is 24.0 Å². The summed E-state index contributed by atoms with van der Waals surface area (Å²) in [5.74, 6) is 1.82. The largest absolute Gasteiger partial charge is 0.490 e. The third kappa shape index (κ3) is 7.13. The molecule has 0 spiro atoms. The molecule has 1 heterocycles. The summed E-state index contributed by atoms with van der Waals surface area (Å²) in [5.41, 5.74) is 10.2. The fraction of sp³-hybridized carbons (Fsp3) is 0.240. The maximum atomic E-state index is 6.09. The number of nitrogens with zero attached hydrogens (tertiary/aromatic N) is 1. The van der Waals surface area contributed by atoms with Crippen molar-refractivity contribution in [2.75, 3.05) is 18.5 Å². The lowest BCUT2D eigenvalue weighted by atomic mass is 10.1. The number of hydrogen-bond acceptors (Lipinski definition) is 4. The molecule has 0 fully saturated rings. The number of nitrogens with one attached hydrogen (secondary N) is 1. The van der Waals surface area contributed by atoms with Gasteiger partial charge in [-0.15, -0.1) is 24.0 Å². The lowest BCUT2D eigenvalue weighted by Gasteiger charge is -2.11. The second-order valence-corrected chi connectivity index (χ2v) is 7.34. The number of halogens is 1. The molecule has 0 saturated heterocycles. The van der Waals surface area contributed by atoms with Crippen molar-refractivity contribution < 1.29 is 14.2 Å². The lowest BCUT2D eigenvalue weighted by molar-refractivity contribution is 0.107. The first-order valence-electron chi connectivity index (χ1n) is 10.4. The van der Waals surface area contributed by atoms with Crippen molar-refractivity contribution in [2.24, 2.45) is 10.7 Å². The fourth-order valence-electron chi connectivity index (χ4n) is 3.28. The van der Waals surface area contributed by atoms with E-state index in [4.69, 9.17) is 19.9 Å². The van der Waals surface area contributed by atoms with Crippen LogP contribution in [0.1, 0.15) is 23.1 Å². The van der Waals surface area contributed by atoms with Gasteiger partial charge in [-0.3, -0.25) is 0 Å². The SMILES string of the molecule is I.NC(=NCc1cccc(COCc2ccccc2)c1)Nc1ccc2c(c1)OCCCO2. The van der Waals surface area contributed by atoms with Crippen LogP contribution in [0, 0.1) is 0 Å². The van der Waals surface area contributed by atoms with E-state index in [1.807, 2.05) is 48.5 Å². The minimum atomic E-state index is 0. The number of guanidine groups is 1. The Morgan fingerprint density at radius 2 is 1.56 bits per heavy atom. The summed E-state index contributed by atoms with van der Waals surface area (Å²) in [5, 5.41) is 3.12. The Hall–Kier alpha value is -2.78. The zero-order valence-corrected chi connectivity index (χ0v) is 20.2. The first-order chi connectivity index (χ1) is 15.3. The van der Waals surface area contributed by atoms with E-state index in [0.717, 1.165) is 40.3 Å². The van der Waals surface area contributed by atoms with Gasteiger partial charge in [-0.25, -0.2) is 4.99 Å². The first-order valence-corrected chi connectivity index (χ1v) is 10.4. The van der Waals surface area contributed by atoms with Crippen LogP contribution in [0.25, 0.3) is 0 Å². The van der Waals surface area contributed by atoms with Crippen LogP contribution < -0.4 is 20.5 Å². The Labute approximate surface area is 205 Å². The van der Waals surface area contributed by atoms with Gasteiger partial charge in [0.1, 0.15) is 0 Å². The van der Waals surface area contributed by atoms with E-state index < -0.39 is 0 Å². The van der Waals surface area contributed by atoms with Crippen LogP contribution in [-0.4, -0.2) is 19.2 Å². The molecule has 0 bridgehead atoms. The Balaban J connectivity index is 0.00000289. The maximum absolute atomic E-state index is 6.09. The number of rotatable bonds is 7. The molecule has 3 N–H and O–H groups in total. The molecule has 0 radical (unpaired) electrons. The van der Waals surface area contributed by atoms with Crippen molar-refractivity contribution in [1.82, 2.24) is 0 Å². The molecule has 32 heavy (non-hydrogen) atoms. The van der Waals surface area contributed by atoms with Gasteiger partial charge >= 0.3 is 0 Å². The fourth-order valence-corrected chi connectivity index (χ4v) is 3.28. The normalized spacial score (nSPS) is 13.1. The smallest absolute Gasteiger partial charge is 0.193 e. The number of benzene rings is 3. The van der Waals surface area contributed by atoms with Gasteiger partial charge in [0, 0.05) is 18.2 Å². The summed E-state index contributed by atoms with van der Waals surface area (Å²) in [6.07, 6.45) is 0.872. The predicted octanol–water partition coefficient (Wildman–Crippen LogP) is 5.11. The van der Waals surface area contributed by atoms with E-state index in [2.05, 4.69) is 34.6 Å². The van der Waals surface area contributed by atoms with Crippen molar-refractivity contribution in [1.29, 1.82) is 0 Å². The van der Waals surface area contributed by atoms with E-state index in [0.29, 0.717) is 38.9 Å². The molecular weight excluding hydrogens is 517 g/mol. The van der Waals surface area contributed by atoms with E-state index in [1.54, 1.807) is 0 Å². The molecule has 3 aromatic rings. The maximum Gasteiger partial charge on any atom is 0.193 e. The third-order valence-corrected chi connectivity index (χ3v) is 4.82. The first kappa shape index (κ1) is 23.9. The van der Waals surface area contributed by atoms with Crippen LogP contribution in [0.15, 0.2) is 77.8 Å². The summed E-state index contributed by atoms with van der Waals surface area (Å²) >= 11 is 0. The average molecular weight is 545 g/mol. The average Bonchev–Trinajstić information content (AvgIpc) is 3.04. The molecule has 6 nitrogen and oxygen atoms in total. The lowest BCUT2D eigenvalue weighted by Crippen LogP contribution is -2.22. The van der Waals surface area contributed by atoms with E-state index in [9.17, 15) is 0 Å². The van der Waals surface area contributed by atoms with E-state index in [-0.39, 0.29) is 24.0 Å². The minimum Gasteiger partial charge on any atom is -0.490 e. The molecular formula is C25H28IN3O3. The highest BCUT2D eigenvalue weighted by Crippen LogP contribution is 2.32. The van der Waals surface area contributed by atoms with Crippen LogP contribution in [0.5, 0.6) is 11.5 Å². The zero-order chi connectivity index (χ0) is 21.3. The van der Waals surface area contributed by atoms with Gasteiger partial charge in [-0.1, -0.05) is 54.6 Å². The van der Waals surface area contributed by atoms with Gasteiger partial charge in [0.15, 0.2) is 17.5 Å². The molecule has 0 unspecified atom stereocenters. The quantitative estimate of drug-likeness (QED) is 0.245. The van der Waals surface area contributed by atoms with Gasteiger partial charge < -0.3 is 25.3 Å². The molecule has 0 atom stereocenters. The highest BCUT2D eigenvalue weighted by Gasteiger charge is 2.10. The highest BCUT2D eigenvalue weighted by molar-refractivity contribution is 14.0. The standard InChI is InChI=1S/C25H27N3O3.HI/c26-25(28-22-10-11-23-24(15-22)31-13-5-12-30-23)27-16-20-8-4-9-21(14-20)18-29-17-19-6-2-1-3-7-19;/h1-4,6-11,14-15H,5,12-13,16-18H2,(H3,26,27,28);1H. The van der Waals surface area contributed by atoms with Crippen molar-refractivity contribution in [3.8, 4) is 11.5 Å². The van der Waals surface area contributed by atoms with Crippen LogP contribution in [-0.2, 0) is 24.5 Å². The molecule has 168 valence electrons. The number of hydrogen-bond donors (Lipinski definition) is 2. The molecule has 1 aliphatic heterocycles. The summed E-state index contributed by atoms with van der Waals surface area (Å²) in [4.78, 5) is 4.46. The van der Waals surface area contributed by atoms with Gasteiger partial charge in [0.05, 0.1) is 33.0 Å². The van der Waals surface area contributed by atoms with Crippen LogP contribution in [0.3, 0.4) is 0 Å². The summed E-state index contributed by atoms with van der Waals surface area (Å²) in [6, 6.07) is 24.0. The molecule has 3 aromatic carbocycles. The number of fused-ring (bicyclic) bond motifs is 1. The molecule has 4 rings (SSSR count). The highest BCUT2D eigenvalue weighted by atomic mass is 127. The summed E-state index contributed by atoms with van der Waals surface area (Å²) in [7, 11) is 0. The van der Waals surface area contributed by atoms with Gasteiger partial charge in [0.25, 0.3) is 0 Å². The van der Waals surface area contributed by atoms with E-state index >= 15 is 0 Å². The number of aliphatic imine (C=N–C) groups is 1. The van der Waals surface area contributed by atoms with Crippen molar-refractivity contribution in [2.45, 2.75) is 26.2 Å². The number of ether oxygens (including phenoxy) is 3. The number of anilines is 1. The molecule has 1 aliphatic rings. The van der Waals surface area contributed by atoms with Crippen LogP contribution in [0.2, 0.25) is 0 Å². The predicted molar refractivity (Wildman–Crippen MR) is 138 cm³/mol. The summed E-state index contributed by atoms with van der Waals surface area (Å²) < 4.78 is 17.2. The van der Waals surface area contributed by atoms with Crippen LogP contribution in [0.4, 0.5) is 5.69 Å². The zero-order valence-electron chi connectivity index (χ0n) is 17.8. The van der Waals surface area contributed by atoms with Gasteiger partial charge in [0.2, 0.25) is 0 Å². The van der Waals surface area contributed by atoms with E-state index in [1.165, 1.54) is 0 Å². The minimum absolute atomic E-state index is 0. The molecule has 0 amide bonds. The second kappa shape index (κ2) is 12.3. The molecule has 7 heteroatoms. The Morgan fingerprint density at radius 3 is 2.41 bits per heavy atom. The third-order valence-electron chi connectivity index (χ3n) is 4.82. The second-order valence-electron chi connectivity index (χ2n) is 7.34. The molecule has 0 aliphatic carbocycles. The van der Waals surface area contributed by atoms with Crippen molar-refractivity contribution in [3.05, 3.63) is 89.5 Å². The summed E-state index contributed by atoms with van der Waals surface area (Å²) in [6.45, 7) is 2.94. The Kier molecular flexibility index (Phi) is 9.18. The monoisotopic (exact) mass is 545 g/mol. The molecule has 0 aromatic heterocycles. The Bertz CT molecular complexity index is 1030. The van der Waals surface area contributed by atoms with Gasteiger partial charge in [-0.05, 0) is 28.8 Å². The van der Waals surface area contributed by atoms with Crippen molar-refractivity contribution >= 4 is 35.6 Å². The molecule has 0 saturated carbocycles. The number of nitrogens with two attached hydrogens (primary N) is 1. The van der Waals surface area contributed by atoms with Crippen molar-refractivity contribution in [3.63, 3.8) is 0 Å². The Morgan fingerprint density at radius 1 is 0.844 bits per heavy atom.